The zero-order valence-electron chi connectivity index (χ0n) is 14.3. The van der Waals surface area contributed by atoms with Gasteiger partial charge < -0.3 is 24.1 Å². The van der Waals surface area contributed by atoms with Crippen molar-refractivity contribution in [3.63, 3.8) is 0 Å². The molecule has 6 heteroatoms. The quantitative estimate of drug-likeness (QED) is 0.426. The van der Waals surface area contributed by atoms with Crippen molar-refractivity contribution in [3.05, 3.63) is 24.2 Å². The van der Waals surface area contributed by atoms with Gasteiger partial charge in [0.05, 0.1) is 26.0 Å². The Bertz CT molecular complexity index is 448. The summed E-state index contributed by atoms with van der Waals surface area (Å²) >= 11 is 0. The Labute approximate surface area is 138 Å². The van der Waals surface area contributed by atoms with Gasteiger partial charge >= 0.3 is 0 Å². The second-order valence-corrected chi connectivity index (χ2v) is 5.71. The highest BCUT2D eigenvalue weighted by atomic mass is 16.5. The van der Waals surface area contributed by atoms with Crippen molar-refractivity contribution in [1.29, 1.82) is 0 Å². The summed E-state index contributed by atoms with van der Waals surface area (Å²) in [6.45, 7) is 7.81. The fourth-order valence-electron chi connectivity index (χ4n) is 2.71. The third-order valence-corrected chi connectivity index (χ3v) is 3.93. The number of rotatable bonds is 9. The molecule has 1 aromatic heterocycles. The van der Waals surface area contributed by atoms with Crippen LogP contribution in [0.15, 0.2) is 27.8 Å². The van der Waals surface area contributed by atoms with Crippen LogP contribution >= 0.6 is 0 Å². The van der Waals surface area contributed by atoms with Gasteiger partial charge in [0.25, 0.3) is 0 Å². The summed E-state index contributed by atoms with van der Waals surface area (Å²) in [5.41, 5.74) is 0. The fourth-order valence-corrected chi connectivity index (χ4v) is 2.71. The molecule has 0 bridgehead atoms. The van der Waals surface area contributed by atoms with Gasteiger partial charge in [-0.2, -0.15) is 0 Å². The van der Waals surface area contributed by atoms with E-state index in [-0.39, 0.29) is 0 Å². The molecule has 2 rings (SSSR count). The molecular formula is C17H29N3O3. The van der Waals surface area contributed by atoms with Crippen molar-refractivity contribution in [1.82, 2.24) is 10.2 Å². The first kappa shape index (κ1) is 17.8. The van der Waals surface area contributed by atoms with E-state index in [9.17, 15) is 0 Å². The zero-order chi connectivity index (χ0) is 16.3. The molecule has 1 saturated heterocycles. The number of likely N-dealkylation sites (tertiary alicyclic amines) is 1. The molecule has 1 aliphatic heterocycles. The van der Waals surface area contributed by atoms with Crippen LogP contribution in [0.25, 0.3) is 0 Å². The van der Waals surface area contributed by atoms with Crippen molar-refractivity contribution in [2.45, 2.75) is 19.8 Å². The van der Waals surface area contributed by atoms with Gasteiger partial charge in [0.1, 0.15) is 5.76 Å². The second-order valence-electron chi connectivity index (χ2n) is 5.71. The maximum Gasteiger partial charge on any atom is 0.194 e. The molecule has 1 N–H and O–H groups in total. The molecule has 130 valence electrons. The molecule has 0 saturated carbocycles. The van der Waals surface area contributed by atoms with Crippen molar-refractivity contribution in [2.75, 3.05) is 53.1 Å². The standard InChI is InChI=1S/C17H29N3O3/c1-3-22-14-15-7-10-20(13-15)17(19-9-12-21-2)18-8-6-16-5-4-11-23-16/h4-5,11,15H,3,6-10,12-14H2,1-2H3,(H,18,19). The summed E-state index contributed by atoms with van der Waals surface area (Å²) in [6.07, 6.45) is 3.72. The van der Waals surface area contributed by atoms with E-state index in [4.69, 9.17) is 13.9 Å². The summed E-state index contributed by atoms with van der Waals surface area (Å²) < 4.78 is 16.0. The molecule has 2 heterocycles. The van der Waals surface area contributed by atoms with E-state index in [0.29, 0.717) is 19.1 Å². The van der Waals surface area contributed by atoms with Gasteiger partial charge in [0.2, 0.25) is 0 Å². The molecule has 0 radical (unpaired) electrons. The third-order valence-electron chi connectivity index (χ3n) is 3.93. The van der Waals surface area contributed by atoms with E-state index >= 15 is 0 Å². The average molecular weight is 323 g/mol. The third kappa shape index (κ3) is 6.23. The average Bonchev–Trinajstić information content (AvgIpc) is 3.23. The van der Waals surface area contributed by atoms with E-state index in [2.05, 4.69) is 15.2 Å². The largest absolute Gasteiger partial charge is 0.469 e. The van der Waals surface area contributed by atoms with Gasteiger partial charge in [-0.1, -0.05) is 0 Å². The van der Waals surface area contributed by atoms with Gasteiger partial charge in [-0.15, -0.1) is 0 Å². The Morgan fingerprint density at radius 1 is 1.52 bits per heavy atom. The van der Waals surface area contributed by atoms with E-state index in [0.717, 1.165) is 57.4 Å². The van der Waals surface area contributed by atoms with E-state index < -0.39 is 0 Å². The van der Waals surface area contributed by atoms with Crippen molar-refractivity contribution in [2.24, 2.45) is 10.9 Å². The summed E-state index contributed by atoms with van der Waals surface area (Å²) in [4.78, 5) is 6.98. The molecular weight excluding hydrogens is 294 g/mol. The van der Waals surface area contributed by atoms with Crippen LogP contribution in [0.4, 0.5) is 0 Å². The number of methoxy groups -OCH3 is 1. The maximum atomic E-state index is 5.55. The Hall–Kier alpha value is -1.53. The fraction of sp³-hybridized carbons (Fsp3) is 0.706. The normalized spacial score (nSPS) is 18.6. The maximum absolute atomic E-state index is 5.55. The highest BCUT2D eigenvalue weighted by Crippen LogP contribution is 2.16. The highest BCUT2D eigenvalue weighted by Gasteiger charge is 2.24. The van der Waals surface area contributed by atoms with E-state index in [1.54, 1.807) is 13.4 Å². The first-order valence-electron chi connectivity index (χ1n) is 8.45. The lowest BCUT2D eigenvalue weighted by atomic mass is 10.1. The molecule has 6 nitrogen and oxygen atoms in total. The number of hydrogen-bond donors (Lipinski definition) is 1. The lowest BCUT2D eigenvalue weighted by Gasteiger charge is -2.22. The first-order chi connectivity index (χ1) is 11.3. The van der Waals surface area contributed by atoms with Gasteiger partial charge in [-0.25, -0.2) is 0 Å². The lowest BCUT2D eigenvalue weighted by Crippen LogP contribution is -2.41. The molecule has 0 spiro atoms. The van der Waals surface area contributed by atoms with Crippen LogP contribution < -0.4 is 5.32 Å². The van der Waals surface area contributed by atoms with Crippen LogP contribution in [-0.4, -0.2) is 64.0 Å². The SMILES string of the molecule is CCOCC1CCN(C(=NCCOC)NCCc2ccco2)C1. The smallest absolute Gasteiger partial charge is 0.194 e. The van der Waals surface area contributed by atoms with Gasteiger partial charge in [-0.05, 0) is 25.5 Å². The van der Waals surface area contributed by atoms with Crippen LogP contribution in [0.2, 0.25) is 0 Å². The molecule has 1 fully saturated rings. The number of furan rings is 1. The molecule has 1 aromatic rings. The van der Waals surface area contributed by atoms with Crippen molar-refractivity contribution < 1.29 is 13.9 Å². The number of aliphatic imine (C=N–C) groups is 1. The Kier molecular flexibility index (Phi) is 7.97. The van der Waals surface area contributed by atoms with Gasteiger partial charge in [0.15, 0.2) is 5.96 Å². The zero-order valence-corrected chi connectivity index (χ0v) is 14.3. The van der Waals surface area contributed by atoms with Crippen LogP contribution in [-0.2, 0) is 15.9 Å². The van der Waals surface area contributed by atoms with Crippen molar-refractivity contribution >= 4 is 5.96 Å². The molecule has 1 aliphatic rings. The number of guanidine groups is 1. The summed E-state index contributed by atoms with van der Waals surface area (Å²) in [5, 5.41) is 3.46. The summed E-state index contributed by atoms with van der Waals surface area (Å²) in [6, 6.07) is 3.92. The predicted molar refractivity (Wildman–Crippen MR) is 90.8 cm³/mol. The minimum atomic E-state index is 0.592. The molecule has 0 aliphatic carbocycles. The summed E-state index contributed by atoms with van der Waals surface area (Å²) in [7, 11) is 1.70. The molecule has 23 heavy (non-hydrogen) atoms. The molecule has 0 aromatic carbocycles. The number of nitrogens with one attached hydrogen (secondary N) is 1. The Balaban J connectivity index is 1.82. The highest BCUT2D eigenvalue weighted by molar-refractivity contribution is 5.80. The van der Waals surface area contributed by atoms with Gasteiger partial charge in [0, 0.05) is 45.7 Å². The topological polar surface area (TPSA) is 59.2 Å². The van der Waals surface area contributed by atoms with Crippen LogP contribution in [0, 0.1) is 5.92 Å². The summed E-state index contributed by atoms with van der Waals surface area (Å²) in [5.74, 6) is 2.55. The number of hydrogen-bond acceptors (Lipinski definition) is 4. The Morgan fingerprint density at radius 3 is 3.17 bits per heavy atom. The molecule has 1 atom stereocenters. The van der Waals surface area contributed by atoms with E-state index in [1.165, 1.54) is 0 Å². The van der Waals surface area contributed by atoms with Crippen LogP contribution in [0.5, 0.6) is 0 Å². The lowest BCUT2D eigenvalue weighted by molar-refractivity contribution is 0.114. The monoisotopic (exact) mass is 323 g/mol. The number of nitrogens with zero attached hydrogens (tertiary/aromatic N) is 2. The number of ether oxygens (including phenoxy) is 2. The van der Waals surface area contributed by atoms with Crippen molar-refractivity contribution in [3.8, 4) is 0 Å². The van der Waals surface area contributed by atoms with Crippen LogP contribution in [0.3, 0.4) is 0 Å². The predicted octanol–water partition coefficient (Wildman–Crippen LogP) is 1.77. The first-order valence-corrected chi connectivity index (χ1v) is 8.45. The van der Waals surface area contributed by atoms with E-state index in [1.807, 2.05) is 19.1 Å². The molecule has 1 unspecified atom stereocenters. The Morgan fingerprint density at radius 2 is 2.43 bits per heavy atom. The minimum Gasteiger partial charge on any atom is -0.469 e. The molecule has 0 amide bonds. The minimum absolute atomic E-state index is 0.592. The second kappa shape index (κ2) is 10.3. The van der Waals surface area contributed by atoms with Crippen LogP contribution in [0.1, 0.15) is 19.1 Å². The van der Waals surface area contributed by atoms with Gasteiger partial charge in [-0.3, -0.25) is 4.99 Å².